The van der Waals surface area contributed by atoms with E-state index in [1.54, 1.807) is 6.08 Å². The van der Waals surface area contributed by atoms with Crippen LogP contribution in [-0.4, -0.2) is 23.3 Å². The molecule has 0 saturated heterocycles. The van der Waals surface area contributed by atoms with Crippen LogP contribution < -0.4 is 0 Å². The van der Waals surface area contributed by atoms with Gasteiger partial charge in [-0.3, -0.25) is 9.59 Å². The number of allylic oxidation sites excluding steroid dienone is 3. The summed E-state index contributed by atoms with van der Waals surface area (Å²) >= 11 is 0. The first-order valence-electron chi connectivity index (χ1n) is 8.73. The highest BCUT2D eigenvalue weighted by molar-refractivity contribution is 6.05. The third-order valence-corrected chi connectivity index (χ3v) is 7.50. The Balaban J connectivity index is 1.95. The molecule has 0 heterocycles. The van der Waals surface area contributed by atoms with Gasteiger partial charge in [0.05, 0.1) is 0 Å². The average molecular weight is 316 g/mol. The molecule has 126 valence electrons. The Labute approximate surface area is 138 Å². The lowest BCUT2D eigenvalue weighted by Gasteiger charge is -2.60. The highest BCUT2D eigenvalue weighted by Gasteiger charge is 2.58. The first kappa shape index (κ1) is 16.6. The quantitative estimate of drug-likeness (QED) is 0.794. The molecule has 0 aliphatic heterocycles. The molecule has 3 aliphatic rings. The summed E-state index contributed by atoms with van der Waals surface area (Å²) in [6, 6.07) is 0. The zero-order chi connectivity index (χ0) is 17.0. The predicted octanol–water partition coefficient (Wildman–Crippen LogP) is 3.47. The summed E-state index contributed by atoms with van der Waals surface area (Å²) in [6.07, 6.45) is 8.43. The lowest BCUT2D eigenvalue weighted by molar-refractivity contribution is -0.141. The summed E-state index contributed by atoms with van der Waals surface area (Å²) in [6.45, 7) is 10.3. The second-order valence-corrected chi connectivity index (χ2v) is 8.68. The number of aliphatic hydroxyl groups is 1. The number of rotatable bonds is 2. The number of carbonyl (C=O) groups excluding carboxylic acids is 2. The number of fused-ring (bicyclic) bond motifs is 3. The van der Waals surface area contributed by atoms with E-state index in [9.17, 15) is 14.7 Å². The molecule has 0 spiro atoms. The second kappa shape index (κ2) is 5.14. The van der Waals surface area contributed by atoms with E-state index in [0.717, 1.165) is 37.7 Å². The van der Waals surface area contributed by atoms with Gasteiger partial charge in [-0.25, -0.2) is 0 Å². The molecule has 3 aliphatic carbocycles. The number of Topliss-reactive ketones (excluding diaryl/α,β-unsaturated/α-hetero) is 1. The van der Waals surface area contributed by atoms with Crippen molar-refractivity contribution < 1.29 is 14.7 Å². The number of ketones is 2. The molecule has 0 aromatic rings. The Kier molecular flexibility index (Phi) is 3.72. The van der Waals surface area contributed by atoms with Gasteiger partial charge in [-0.2, -0.15) is 0 Å². The highest BCUT2D eigenvalue weighted by Crippen LogP contribution is 2.65. The van der Waals surface area contributed by atoms with Crippen LogP contribution in [0.4, 0.5) is 0 Å². The molecule has 3 heteroatoms. The lowest BCUT2D eigenvalue weighted by Crippen LogP contribution is -2.55. The van der Waals surface area contributed by atoms with E-state index in [4.69, 9.17) is 0 Å². The molecule has 3 rings (SSSR count). The van der Waals surface area contributed by atoms with Crippen LogP contribution in [-0.2, 0) is 9.59 Å². The van der Waals surface area contributed by atoms with Gasteiger partial charge < -0.3 is 5.11 Å². The molecule has 0 aromatic carbocycles. The summed E-state index contributed by atoms with van der Waals surface area (Å²) in [5, 5.41) is 9.30. The number of hydrogen-bond acceptors (Lipinski definition) is 3. The summed E-state index contributed by atoms with van der Waals surface area (Å²) in [7, 11) is 0. The molecule has 0 radical (unpaired) electrons. The zero-order valence-corrected chi connectivity index (χ0v) is 14.5. The van der Waals surface area contributed by atoms with Gasteiger partial charge in [0.2, 0.25) is 0 Å². The molecule has 1 N–H and O–H groups in total. The largest absolute Gasteiger partial charge is 0.389 e. The minimum absolute atomic E-state index is 0.0216. The molecule has 2 fully saturated rings. The van der Waals surface area contributed by atoms with E-state index in [1.165, 1.54) is 0 Å². The van der Waals surface area contributed by atoms with Crippen LogP contribution in [0.25, 0.3) is 0 Å². The molecular formula is C20H28O3. The van der Waals surface area contributed by atoms with E-state index in [-0.39, 0.29) is 29.0 Å². The van der Waals surface area contributed by atoms with Gasteiger partial charge in [-0.05, 0) is 61.0 Å². The smallest absolute Gasteiger partial charge is 0.181 e. The lowest BCUT2D eigenvalue weighted by atomic mass is 9.43. The van der Waals surface area contributed by atoms with Crippen LogP contribution in [0, 0.1) is 28.1 Å². The van der Waals surface area contributed by atoms with Gasteiger partial charge in [0, 0.05) is 10.8 Å². The number of carbonyl (C=O) groups is 2. The van der Waals surface area contributed by atoms with E-state index >= 15 is 0 Å². The summed E-state index contributed by atoms with van der Waals surface area (Å²) < 4.78 is 0. The fourth-order valence-corrected chi connectivity index (χ4v) is 5.61. The fourth-order valence-electron chi connectivity index (χ4n) is 5.61. The monoisotopic (exact) mass is 316 g/mol. The van der Waals surface area contributed by atoms with Gasteiger partial charge in [0.15, 0.2) is 11.6 Å². The standard InChI is InChI=1S/C20H28O3/c1-13-15(22)5-6-16-19(13,3)8-7-14-11-18(2,17(23)12-21)9-10-20(14,16)4/h5-6,14,16,21H,1,7-12H2,2-4H3. The van der Waals surface area contributed by atoms with Crippen molar-refractivity contribution in [3.05, 3.63) is 24.3 Å². The Morgan fingerprint density at radius 3 is 2.65 bits per heavy atom. The van der Waals surface area contributed by atoms with Crippen molar-refractivity contribution in [1.82, 2.24) is 0 Å². The Morgan fingerprint density at radius 1 is 1.30 bits per heavy atom. The third kappa shape index (κ3) is 2.20. The molecule has 0 amide bonds. The SMILES string of the molecule is C=C1C(=O)C=CC2C1(C)CCC1CC(C)(C(=O)CO)CCC12C. The van der Waals surface area contributed by atoms with Crippen LogP contribution in [0.3, 0.4) is 0 Å². The maximum Gasteiger partial charge on any atom is 0.181 e. The van der Waals surface area contributed by atoms with Gasteiger partial charge in [0.25, 0.3) is 0 Å². The molecule has 0 aromatic heterocycles. The van der Waals surface area contributed by atoms with Crippen LogP contribution in [0.15, 0.2) is 24.3 Å². The topological polar surface area (TPSA) is 54.4 Å². The minimum Gasteiger partial charge on any atom is -0.389 e. The van der Waals surface area contributed by atoms with Crippen molar-refractivity contribution in [2.45, 2.75) is 52.9 Å². The molecule has 2 saturated carbocycles. The minimum atomic E-state index is -0.391. The molecule has 5 unspecified atom stereocenters. The highest BCUT2D eigenvalue weighted by atomic mass is 16.3. The maximum absolute atomic E-state index is 12.2. The van der Waals surface area contributed by atoms with Crippen molar-refractivity contribution in [3.63, 3.8) is 0 Å². The Hall–Kier alpha value is -1.22. The van der Waals surface area contributed by atoms with Gasteiger partial charge in [0.1, 0.15) is 6.61 Å². The van der Waals surface area contributed by atoms with Crippen LogP contribution in [0.2, 0.25) is 0 Å². The first-order valence-corrected chi connectivity index (χ1v) is 8.73. The number of aliphatic hydroxyl groups excluding tert-OH is 1. The second-order valence-electron chi connectivity index (χ2n) is 8.68. The Bertz CT molecular complexity index is 604. The van der Waals surface area contributed by atoms with Gasteiger partial charge in [-0.1, -0.05) is 33.4 Å². The summed E-state index contributed by atoms with van der Waals surface area (Å²) in [5.74, 6) is 0.821. The van der Waals surface area contributed by atoms with E-state index in [1.807, 2.05) is 6.92 Å². The fraction of sp³-hybridized carbons (Fsp3) is 0.700. The van der Waals surface area contributed by atoms with Crippen molar-refractivity contribution >= 4 is 11.6 Å². The first-order chi connectivity index (χ1) is 10.7. The summed E-state index contributed by atoms with van der Waals surface area (Å²) in [4.78, 5) is 24.3. The molecule has 5 atom stereocenters. The van der Waals surface area contributed by atoms with Crippen LogP contribution >= 0.6 is 0 Å². The summed E-state index contributed by atoms with van der Waals surface area (Å²) in [5.41, 5.74) is 0.316. The maximum atomic E-state index is 12.2. The van der Waals surface area contributed by atoms with Gasteiger partial charge >= 0.3 is 0 Å². The third-order valence-electron chi connectivity index (χ3n) is 7.50. The molecular weight excluding hydrogens is 288 g/mol. The molecule has 23 heavy (non-hydrogen) atoms. The van der Waals surface area contributed by atoms with Crippen LogP contribution in [0.1, 0.15) is 52.9 Å². The van der Waals surface area contributed by atoms with E-state index < -0.39 is 5.41 Å². The molecule has 0 bridgehead atoms. The average Bonchev–Trinajstić information content (AvgIpc) is 2.52. The van der Waals surface area contributed by atoms with Gasteiger partial charge in [-0.15, -0.1) is 0 Å². The van der Waals surface area contributed by atoms with Crippen LogP contribution in [0.5, 0.6) is 0 Å². The van der Waals surface area contributed by atoms with Crippen molar-refractivity contribution in [2.75, 3.05) is 6.61 Å². The number of hydrogen-bond donors (Lipinski definition) is 1. The van der Waals surface area contributed by atoms with Crippen molar-refractivity contribution in [2.24, 2.45) is 28.1 Å². The zero-order valence-electron chi connectivity index (χ0n) is 14.5. The predicted molar refractivity (Wildman–Crippen MR) is 89.8 cm³/mol. The van der Waals surface area contributed by atoms with Crippen molar-refractivity contribution in [3.8, 4) is 0 Å². The van der Waals surface area contributed by atoms with E-state index in [2.05, 4.69) is 26.5 Å². The Morgan fingerprint density at radius 2 is 2.00 bits per heavy atom. The molecule has 3 nitrogen and oxygen atoms in total. The van der Waals surface area contributed by atoms with Crippen molar-refractivity contribution in [1.29, 1.82) is 0 Å². The normalized spacial score (nSPS) is 46.3. The van der Waals surface area contributed by atoms with E-state index in [0.29, 0.717) is 11.8 Å².